The number of aromatic nitrogens is 1. The van der Waals surface area contributed by atoms with E-state index < -0.39 is 0 Å². The van der Waals surface area contributed by atoms with Gasteiger partial charge in [0.1, 0.15) is 0 Å². The normalized spacial score (nSPS) is 12.8. The first kappa shape index (κ1) is 13.7. The quantitative estimate of drug-likeness (QED) is 0.839. The van der Waals surface area contributed by atoms with Crippen molar-refractivity contribution in [2.75, 3.05) is 6.54 Å². The summed E-state index contributed by atoms with van der Waals surface area (Å²) in [5.41, 5.74) is 1.43. The van der Waals surface area contributed by atoms with Crippen molar-refractivity contribution in [1.29, 1.82) is 0 Å². The Morgan fingerprint density at radius 3 is 3.00 bits per heavy atom. The lowest BCUT2D eigenvalue weighted by Crippen LogP contribution is -2.29. The highest BCUT2D eigenvalue weighted by Crippen LogP contribution is 2.13. The van der Waals surface area contributed by atoms with Gasteiger partial charge >= 0.3 is 0 Å². The second-order valence-corrected chi connectivity index (χ2v) is 6.49. The van der Waals surface area contributed by atoms with Crippen LogP contribution < -0.4 is 5.32 Å². The number of thiophene rings is 1. The summed E-state index contributed by atoms with van der Waals surface area (Å²) in [5.74, 6) is 0. The van der Waals surface area contributed by atoms with Crippen molar-refractivity contribution >= 4 is 22.7 Å². The number of nitrogens with one attached hydrogen (secondary N) is 1. The molecule has 0 saturated carbocycles. The van der Waals surface area contributed by atoms with Crippen LogP contribution in [0.25, 0.3) is 0 Å². The average molecular weight is 280 g/mol. The monoisotopic (exact) mass is 280 g/mol. The lowest BCUT2D eigenvalue weighted by atomic mass is 10.1. The van der Waals surface area contributed by atoms with Crippen LogP contribution in [0.1, 0.15) is 29.3 Å². The molecule has 98 valence electrons. The van der Waals surface area contributed by atoms with E-state index in [4.69, 9.17) is 0 Å². The van der Waals surface area contributed by atoms with Crippen molar-refractivity contribution < 1.29 is 0 Å². The predicted octanol–water partition coefficient (Wildman–Crippen LogP) is 3.53. The van der Waals surface area contributed by atoms with Crippen molar-refractivity contribution in [1.82, 2.24) is 10.3 Å². The van der Waals surface area contributed by atoms with Gasteiger partial charge in [-0.1, -0.05) is 6.92 Å². The van der Waals surface area contributed by atoms with Gasteiger partial charge in [-0.3, -0.25) is 0 Å². The second-order valence-electron chi connectivity index (χ2n) is 4.51. The summed E-state index contributed by atoms with van der Waals surface area (Å²) in [6.45, 7) is 5.44. The molecule has 0 aliphatic rings. The smallest absolute Gasteiger partial charge is 0.0940 e. The maximum absolute atomic E-state index is 4.44. The highest BCUT2D eigenvalue weighted by atomic mass is 32.1. The third-order valence-electron chi connectivity index (χ3n) is 2.90. The minimum Gasteiger partial charge on any atom is -0.314 e. The maximum Gasteiger partial charge on any atom is 0.0940 e. The van der Waals surface area contributed by atoms with E-state index in [2.05, 4.69) is 41.0 Å². The van der Waals surface area contributed by atoms with Crippen LogP contribution in [0.5, 0.6) is 0 Å². The number of thiazole rings is 1. The summed E-state index contributed by atoms with van der Waals surface area (Å²) in [6, 6.07) is 2.74. The van der Waals surface area contributed by atoms with E-state index in [0.717, 1.165) is 25.8 Å². The van der Waals surface area contributed by atoms with Gasteiger partial charge in [-0.05, 0) is 42.2 Å². The minimum atomic E-state index is 0.533. The predicted molar refractivity (Wildman–Crippen MR) is 80.7 cm³/mol. The lowest BCUT2D eigenvalue weighted by molar-refractivity contribution is 0.548. The van der Waals surface area contributed by atoms with Crippen molar-refractivity contribution in [3.8, 4) is 0 Å². The summed E-state index contributed by atoms with van der Waals surface area (Å²) >= 11 is 3.61. The van der Waals surface area contributed by atoms with E-state index >= 15 is 0 Å². The van der Waals surface area contributed by atoms with E-state index in [1.165, 1.54) is 15.4 Å². The van der Waals surface area contributed by atoms with Gasteiger partial charge in [-0.25, -0.2) is 4.98 Å². The zero-order chi connectivity index (χ0) is 12.8. The molecule has 2 aromatic heterocycles. The Labute approximate surface area is 117 Å². The molecule has 0 spiro atoms. The molecule has 1 N–H and O–H groups in total. The van der Waals surface area contributed by atoms with E-state index in [0.29, 0.717) is 6.04 Å². The molecule has 18 heavy (non-hydrogen) atoms. The lowest BCUT2D eigenvalue weighted by Gasteiger charge is -2.12. The van der Waals surface area contributed by atoms with Gasteiger partial charge in [0.25, 0.3) is 0 Å². The summed E-state index contributed by atoms with van der Waals surface area (Å²) in [5, 5.41) is 9.19. The van der Waals surface area contributed by atoms with Crippen LogP contribution in [-0.2, 0) is 19.3 Å². The molecule has 0 fully saturated rings. The standard InChI is InChI=1S/C14H20N2S2/c1-3-13-9-16-14(18-13)4-6-15-11(2)8-12-5-7-17-10-12/h5,7,9-11,15H,3-4,6,8H2,1-2H3. The molecule has 0 aromatic carbocycles. The van der Waals surface area contributed by atoms with Crippen LogP contribution in [0.4, 0.5) is 0 Å². The fraction of sp³-hybridized carbons (Fsp3) is 0.500. The topological polar surface area (TPSA) is 24.9 Å². The molecule has 2 heterocycles. The summed E-state index contributed by atoms with van der Waals surface area (Å²) in [7, 11) is 0. The zero-order valence-electron chi connectivity index (χ0n) is 11.0. The number of hydrogen-bond acceptors (Lipinski definition) is 4. The molecule has 0 amide bonds. The fourth-order valence-corrected chi connectivity index (χ4v) is 3.43. The average Bonchev–Trinajstić information content (AvgIpc) is 3.00. The molecule has 2 aromatic rings. The first-order valence-electron chi connectivity index (χ1n) is 6.46. The van der Waals surface area contributed by atoms with Gasteiger partial charge in [0.2, 0.25) is 0 Å². The number of rotatable bonds is 7. The van der Waals surface area contributed by atoms with Gasteiger partial charge < -0.3 is 5.32 Å². The Hall–Kier alpha value is -0.710. The van der Waals surface area contributed by atoms with Gasteiger partial charge in [0.15, 0.2) is 0 Å². The Balaban J connectivity index is 1.68. The molecular formula is C14H20N2S2. The van der Waals surface area contributed by atoms with Crippen molar-refractivity contribution in [2.45, 2.75) is 39.2 Å². The molecule has 0 bridgehead atoms. The second kappa shape index (κ2) is 7.02. The molecule has 2 rings (SSSR count). The van der Waals surface area contributed by atoms with Gasteiger partial charge in [-0.2, -0.15) is 11.3 Å². The molecule has 0 aliphatic heterocycles. The highest BCUT2D eigenvalue weighted by Gasteiger charge is 2.04. The molecule has 4 heteroatoms. The van der Waals surface area contributed by atoms with Gasteiger partial charge in [0.05, 0.1) is 5.01 Å². The Morgan fingerprint density at radius 1 is 1.44 bits per heavy atom. The van der Waals surface area contributed by atoms with Crippen LogP contribution >= 0.6 is 22.7 Å². The van der Waals surface area contributed by atoms with Crippen LogP contribution in [0.15, 0.2) is 23.0 Å². The molecule has 1 atom stereocenters. The molecule has 0 aliphatic carbocycles. The van der Waals surface area contributed by atoms with Crippen molar-refractivity contribution in [3.05, 3.63) is 38.5 Å². The first-order chi connectivity index (χ1) is 8.78. The largest absolute Gasteiger partial charge is 0.314 e. The van der Waals surface area contributed by atoms with Gasteiger partial charge in [0, 0.05) is 30.1 Å². The number of nitrogens with zero attached hydrogens (tertiary/aromatic N) is 1. The van der Waals surface area contributed by atoms with E-state index in [1.807, 2.05) is 17.5 Å². The third-order valence-corrected chi connectivity index (χ3v) is 4.84. The van der Waals surface area contributed by atoms with Crippen LogP contribution in [0, 0.1) is 0 Å². The molecule has 1 unspecified atom stereocenters. The first-order valence-corrected chi connectivity index (χ1v) is 8.22. The Kier molecular flexibility index (Phi) is 5.35. The van der Waals surface area contributed by atoms with E-state index in [1.54, 1.807) is 11.3 Å². The van der Waals surface area contributed by atoms with E-state index in [-0.39, 0.29) is 0 Å². The molecule has 2 nitrogen and oxygen atoms in total. The van der Waals surface area contributed by atoms with Crippen LogP contribution in [0.2, 0.25) is 0 Å². The molecule has 0 radical (unpaired) electrons. The molecular weight excluding hydrogens is 260 g/mol. The summed E-state index contributed by atoms with van der Waals surface area (Å²) in [4.78, 5) is 5.83. The molecule has 0 saturated heterocycles. The van der Waals surface area contributed by atoms with Gasteiger partial charge in [-0.15, -0.1) is 11.3 Å². The van der Waals surface area contributed by atoms with Crippen molar-refractivity contribution in [3.63, 3.8) is 0 Å². The van der Waals surface area contributed by atoms with Crippen LogP contribution in [0.3, 0.4) is 0 Å². The third kappa shape index (κ3) is 4.19. The minimum absolute atomic E-state index is 0.533. The highest BCUT2D eigenvalue weighted by molar-refractivity contribution is 7.11. The summed E-state index contributed by atoms with van der Waals surface area (Å²) < 4.78 is 0. The van der Waals surface area contributed by atoms with Crippen LogP contribution in [-0.4, -0.2) is 17.6 Å². The number of hydrogen-bond donors (Lipinski definition) is 1. The fourth-order valence-electron chi connectivity index (χ4n) is 1.89. The van der Waals surface area contributed by atoms with Crippen molar-refractivity contribution in [2.24, 2.45) is 0 Å². The summed E-state index contributed by atoms with van der Waals surface area (Å²) in [6.07, 6.45) is 5.26. The zero-order valence-corrected chi connectivity index (χ0v) is 12.6. The maximum atomic E-state index is 4.44. The number of aryl methyl sites for hydroxylation is 1. The Morgan fingerprint density at radius 2 is 2.33 bits per heavy atom. The van der Waals surface area contributed by atoms with E-state index in [9.17, 15) is 0 Å². The SMILES string of the molecule is CCc1cnc(CCNC(C)Cc2ccsc2)s1. The Bertz CT molecular complexity index is 448.